The van der Waals surface area contributed by atoms with Crippen molar-refractivity contribution in [1.29, 1.82) is 0 Å². The maximum atomic E-state index is 5.93. The van der Waals surface area contributed by atoms with Gasteiger partial charge in [0.2, 0.25) is 0 Å². The molecule has 0 aliphatic heterocycles. The highest BCUT2D eigenvalue weighted by molar-refractivity contribution is 5.72. The third kappa shape index (κ3) is 2.65. The van der Waals surface area contributed by atoms with E-state index in [0.717, 1.165) is 30.0 Å². The molecule has 0 heterocycles. The molecule has 0 fully saturated rings. The predicted octanol–water partition coefficient (Wildman–Crippen LogP) is 4.03. The maximum Gasteiger partial charge on any atom is 0.119 e. The molecular weight excluding hydrogens is 222 g/mol. The minimum Gasteiger partial charge on any atom is -0.494 e. The molecule has 2 nitrogen and oxygen atoms in total. The van der Waals surface area contributed by atoms with Crippen LogP contribution in [0.3, 0.4) is 0 Å². The molecule has 0 radical (unpaired) electrons. The molecule has 0 unspecified atom stereocenters. The van der Waals surface area contributed by atoms with E-state index >= 15 is 0 Å². The molecule has 2 aromatic carbocycles. The number of benzene rings is 2. The molecule has 2 heteroatoms. The van der Waals surface area contributed by atoms with Crippen molar-refractivity contribution in [3.8, 4) is 16.9 Å². The van der Waals surface area contributed by atoms with Crippen LogP contribution in [-0.2, 0) is 0 Å². The van der Waals surface area contributed by atoms with E-state index in [4.69, 9.17) is 10.5 Å². The topological polar surface area (TPSA) is 35.2 Å². The van der Waals surface area contributed by atoms with Gasteiger partial charge in [-0.25, -0.2) is 0 Å². The number of hydrogen-bond donors (Lipinski definition) is 1. The highest BCUT2D eigenvalue weighted by Crippen LogP contribution is 2.28. The van der Waals surface area contributed by atoms with E-state index in [2.05, 4.69) is 25.1 Å². The monoisotopic (exact) mass is 241 g/mol. The minimum absolute atomic E-state index is 0.761. The van der Waals surface area contributed by atoms with Crippen LogP contribution in [0.4, 0.5) is 5.69 Å². The number of nitrogens with two attached hydrogens (primary N) is 1. The van der Waals surface area contributed by atoms with E-state index in [-0.39, 0.29) is 0 Å². The molecule has 2 rings (SSSR count). The van der Waals surface area contributed by atoms with Gasteiger partial charge in [-0.05, 0) is 48.2 Å². The van der Waals surface area contributed by atoms with Gasteiger partial charge < -0.3 is 10.5 Å². The standard InChI is InChI=1S/C16H19NO/c1-3-11-18-14-9-7-13(8-10-14)15-5-4-6-16(17)12(15)2/h4-10H,3,11,17H2,1-2H3. The van der Waals surface area contributed by atoms with E-state index in [1.165, 1.54) is 11.1 Å². The van der Waals surface area contributed by atoms with Gasteiger partial charge in [-0.3, -0.25) is 0 Å². The van der Waals surface area contributed by atoms with Crippen LogP contribution in [0.1, 0.15) is 18.9 Å². The molecule has 0 aliphatic carbocycles. The summed E-state index contributed by atoms with van der Waals surface area (Å²) >= 11 is 0. The van der Waals surface area contributed by atoms with Crippen molar-refractivity contribution in [3.63, 3.8) is 0 Å². The van der Waals surface area contributed by atoms with Crippen molar-refractivity contribution >= 4 is 5.69 Å². The van der Waals surface area contributed by atoms with E-state index in [0.29, 0.717) is 0 Å². The van der Waals surface area contributed by atoms with Crippen molar-refractivity contribution < 1.29 is 4.74 Å². The number of anilines is 1. The zero-order valence-corrected chi connectivity index (χ0v) is 10.9. The summed E-state index contributed by atoms with van der Waals surface area (Å²) in [6.45, 7) is 4.91. The number of rotatable bonds is 4. The summed E-state index contributed by atoms with van der Waals surface area (Å²) in [6.07, 6.45) is 1.02. The Bertz CT molecular complexity index is 517. The SMILES string of the molecule is CCCOc1ccc(-c2cccc(N)c2C)cc1. The Balaban J connectivity index is 2.26. The summed E-state index contributed by atoms with van der Waals surface area (Å²) in [6, 6.07) is 14.2. The molecule has 0 atom stereocenters. The molecule has 0 bridgehead atoms. The Morgan fingerprint density at radius 2 is 1.78 bits per heavy atom. The lowest BCUT2D eigenvalue weighted by molar-refractivity contribution is 0.317. The highest BCUT2D eigenvalue weighted by Gasteiger charge is 2.04. The van der Waals surface area contributed by atoms with Crippen LogP contribution in [0.2, 0.25) is 0 Å². The molecule has 18 heavy (non-hydrogen) atoms. The molecule has 94 valence electrons. The van der Waals surface area contributed by atoms with Gasteiger partial charge in [0.15, 0.2) is 0 Å². The second-order valence-electron chi connectivity index (χ2n) is 4.39. The van der Waals surface area contributed by atoms with Crippen LogP contribution in [0.5, 0.6) is 5.75 Å². The second-order valence-corrected chi connectivity index (χ2v) is 4.39. The van der Waals surface area contributed by atoms with Gasteiger partial charge in [-0.1, -0.05) is 31.2 Å². The number of hydrogen-bond acceptors (Lipinski definition) is 2. The lowest BCUT2D eigenvalue weighted by Crippen LogP contribution is -1.95. The Hall–Kier alpha value is -1.96. The van der Waals surface area contributed by atoms with Crippen molar-refractivity contribution in [2.24, 2.45) is 0 Å². The van der Waals surface area contributed by atoms with Crippen molar-refractivity contribution in [1.82, 2.24) is 0 Å². The third-order valence-corrected chi connectivity index (χ3v) is 3.01. The van der Waals surface area contributed by atoms with Crippen LogP contribution >= 0.6 is 0 Å². The lowest BCUT2D eigenvalue weighted by atomic mass is 9.99. The molecular formula is C16H19NO. The van der Waals surface area contributed by atoms with Crippen LogP contribution in [0.15, 0.2) is 42.5 Å². The fourth-order valence-corrected chi connectivity index (χ4v) is 1.92. The molecule has 0 amide bonds. The van der Waals surface area contributed by atoms with E-state index in [1.54, 1.807) is 0 Å². The average molecular weight is 241 g/mol. The van der Waals surface area contributed by atoms with Crippen LogP contribution in [0.25, 0.3) is 11.1 Å². The van der Waals surface area contributed by atoms with E-state index in [1.807, 2.05) is 31.2 Å². The lowest BCUT2D eigenvalue weighted by Gasteiger charge is -2.10. The number of ether oxygens (including phenoxy) is 1. The van der Waals surface area contributed by atoms with Gasteiger partial charge >= 0.3 is 0 Å². The summed E-state index contributed by atoms with van der Waals surface area (Å²) in [4.78, 5) is 0. The van der Waals surface area contributed by atoms with Gasteiger partial charge in [0.25, 0.3) is 0 Å². The molecule has 0 aromatic heterocycles. The molecule has 0 aliphatic rings. The predicted molar refractivity (Wildman–Crippen MR) is 76.8 cm³/mol. The quantitative estimate of drug-likeness (QED) is 0.820. The Morgan fingerprint density at radius 3 is 2.44 bits per heavy atom. The van der Waals surface area contributed by atoms with E-state index < -0.39 is 0 Å². The molecule has 0 saturated carbocycles. The van der Waals surface area contributed by atoms with Crippen molar-refractivity contribution in [2.75, 3.05) is 12.3 Å². The second kappa shape index (κ2) is 5.58. The zero-order valence-electron chi connectivity index (χ0n) is 10.9. The molecule has 2 aromatic rings. The molecule has 0 spiro atoms. The van der Waals surface area contributed by atoms with Crippen LogP contribution < -0.4 is 10.5 Å². The fourth-order valence-electron chi connectivity index (χ4n) is 1.92. The summed E-state index contributed by atoms with van der Waals surface area (Å²) in [7, 11) is 0. The van der Waals surface area contributed by atoms with Gasteiger partial charge in [0.1, 0.15) is 5.75 Å². The van der Waals surface area contributed by atoms with Gasteiger partial charge in [0, 0.05) is 5.69 Å². The Morgan fingerprint density at radius 1 is 1.06 bits per heavy atom. The molecule has 0 saturated heterocycles. The van der Waals surface area contributed by atoms with E-state index in [9.17, 15) is 0 Å². The normalized spacial score (nSPS) is 10.3. The fraction of sp³-hybridized carbons (Fsp3) is 0.250. The summed E-state index contributed by atoms with van der Waals surface area (Å²) in [5.41, 5.74) is 10.2. The van der Waals surface area contributed by atoms with Gasteiger partial charge in [-0.15, -0.1) is 0 Å². The van der Waals surface area contributed by atoms with Crippen LogP contribution in [-0.4, -0.2) is 6.61 Å². The minimum atomic E-state index is 0.761. The Labute approximate surface area is 108 Å². The zero-order chi connectivity index (χ0) is 13.0. The number of nitrogen functional groups attached to an aromatic ring is 1. The Kier molecular flexibility index (Phi) is 3.88. The maximum absolute atomic E-state index is 5.93. The highest BCUT2D eigenvalue weighted by atomic mass is 16.5. The van der Waals surface area contributed by atoms with Crippen LogP contribution in [0, 0.1) is 6.92 Å². The van der Waals surface area contributed by atoms with Crippen molar-refractivity contribution in [3.05, 3.63) is 48.0 Å². The first-order chi connectivity index (χ1) is 8.72. The summed E-state index contributed by atoms with van der Waals surface area (Å²) in [5.74, 6) is 0.919. The summed E-state index contributed by atoms with van der Waals surface area (Å²) < 4.78 is 5.58. The summed E-state index contributed by atoms with van der Waals surface area (Å²) in [5, 5.41) is 0. The first kappa shape index (κ1) is 12.5. The molecule has 2 N–H and O–H groups in total. The largest absolute Gasteiger partial charge is 0.494 e. The first-order valence-electron chi connectivity index (χ1n) is 6.30. The average Bonchev–Trinajstić information content (AvgIpc) is 2.40. The third-order valence-electron chi connectivity index (χ3n) is 3.01. The smallest absolute Gasteiger partial charge is 0.119 e. The first-order valence-corrected chi connectivity index (χ1v) is 6.30. The van der Waals surface area contributed by atoms with Gasteiger partial charge in [0.05, 0.1) is 6.61 Å². The van der Waals surface area contributed by atoms with Gasteiger partial charge in [-0.2, -0.15) is 0 Å². The van der Waals surface area contributed by atoms with Crippen molar-refractivity contribution in [2.45, 2.75) is 20.3 Å².